The van der Waals surface area contributed by atoms with Gasteiger partial charge in [0.1, 0.15) is 0 Å². The minimum Gasteiger partial charge on any atom is -0.337 e. The zero-order chi connectivity index (χ0) is 15.7. The summed E-state index contributed by atoms with van der Waals surface area (Å²) in [5, 5.41) is 1.15. The summed E-state index contributed by atoms with van der Waals surface area (Å²) in [5.74, 6) is 1.00. The summed E-state index contributed by atoms with van der Waals surface area (Å²) in [4.78, 5) is 14.9. The lowest BCUT2D eigenvalue weighted by Crippen LogP contribution is -2.42. The summed E-state index contributed by atoms with van der Waals surface area (Å²) >= 11 is 12.3. The van der Waals surface area contributed by atoms with Gasteiger partial charge in [-0.1, -0.05) is 48.2 Å². The Morgan fingerprint density at radius 2 is 2.05 bits per heavy atom. The molecule has 1 aromatic carbocycles. The molecule has 1 aromatic rings. The highest BCUT2D eigenvalue weighted by molar-refractivity contribution is 6.42. The standard InChI is InChI=1S/C18H23Cl2NO/c1-12-11-14-5-2-3-8-16(14)21(12)17(22)10-9-13-6-4-7-15(19)18(13)20/h4,6-7,12,14,16H,2-3,5,8-11H2,1H3. The summed E-state index contributed by atoms with van der Waals surface area (Å²) in [5.41, 5.74) is 0.967. The molecule has 3 atom stereocenters. The molecule has 1 amide bonds. The van der Waals surface area contributed by atoms with Crippen LogP contribution >= 0.6 is 23.2 Å². The monoisotopic (exact) mass is 339 g/mol. The van der Waals surface area contributed by atoms with Crippen molar-refractivity contribution in [3.8, 4) is 0 Å². The van der Waals surface area contributed by atoms with Crippen molar-refractivity contribution in [1.82, 2.24) is 4.90 Å². The quantitative estimate of drug-likeness (QED) is 0.749. The van der Waals surface area contributed by atoms with Crippen LogP contribution in [0.2, 0.25) is 10.0 Å². The fraction of sp³-hybridized carbons (Fsp3) is 0.611. The molecular weight excluding hydrogens is 317 g/mol. The average Bonchev–Trinajstić information content (AvgIpc) is 2.84. The number of halogens is 2. The molecule has 1 saturated heterocycles. The molecule has 4 heteroatoms. The normalized spacial score (nSPS) is 27.8. The smallest absolute Gasteiger partial charge is 0.223 e. The topological polar surface area (TPSA) is 20.3 Å². The fourth-order valence-corrected chi connectivity index (χ4v) is 4.67. The second-order valence-corrected chi connectivity index (χ2v) is 7.50. The molecule has 120 valence electrons. The number of fused-ring (bicyclic) bond motifs is 1. The summed E-state index contributed by atoms with van der Waals surface area (Å²) in [6, 6.07) is 6.49. The van der Waals surface area contributed by atoms with Crippen LogP contribution in [-0.2, 0) is 11.2 Å². The van der Waals surface area contributed by atoms with E-state index in [2.05, 4.69) is 11.8 Å². The van der Waals surface area contributed by atoms with Gasteiger partial charge in [-0.3, -0.25) is 4.79 Å². The van der Waals surface area contributed by atoms with Crippen LogP contribution < -0.4 is 0 Å². The molecular formula is C18H23Cl2NO. The van der Waals surface area contributed by atoms with Gasteiger partial charge in [0.25, 0.3) is 0 Å². The van der Waals surface area contributed by atoms with E-state index >= 15 is 0 Å². The minimum absolute atomic E-state index is 0.276. The molecule has 0 radical (unpaired) electrons. The Labute approximate surface area is 142 Å². The Morgan fingerprint density at radius 1 is 1.27 bits per heavy atom. The van der Waals surface area contributed by atoms with Crippen molar-refractivity contribution < 1.29 is 4.79 Å². The number of hydrogen-bond donors (Lipinski definition) is 0. The van der Waals surface area contributed by atoms with Crippen LogP contribution in [0.5, 0.6) is 0 Å². The Morgan fingerprint density at radius 3 is 2.86 bits per heavy atom. The van der Waals surface area contributed by atoms with Gasteiger partial charge in [0.2, 0.25) is 5.91 Å². The highest BCUT2D eigenvalue weighted by Gasteiger charge is 2.41. The number of likely N-dealkylation sites (tertiary alicyclic amines) is 1. The van der Waals surface area contributed by atoms with Crippen molar-refractivity contribution in [2.75, 3.05) is 0 Å². The maximum Gasteiger partial charge on any atom is 0.223 e. The lowest BCUT2D eigenvalue weighted by Gasteiger charge is -2.33. The van der Waals surface area contributed by atoms with Gasteiger partial charge < -0.3 is 4.90 Å². The number of rotatable bonds is 3. The first-order chi connectivity index (χ1) is 10.6. The van der Waals surface area contributed by atoms with E-state index in [-0.39, 0.29) is 5.91 Å². The van der Waals surface area contributed by atoms with Gasteiger partial charge in [0, 0.05) is 18.5 Å². The molecule has 1 heterocycles. The summed E-state index contributed by atoms with van der Waals surface area (Å²) < 4.78 is 0. The number of aryl methyl sites for hydroxylation is 1. The van der Waals surface area contributed by atoms with Gasteiger partial charge >= 0.3 is 0 Å². The van der Waals surface area contributed by atoms with Gasteiger partial charge in [0.15, 0.2) is 0 Å². The second kappa shape index (κ2) is 6.80. The summed E-state index contributed by atoms with van der Waals surface area (Å²) in [7, 11) is 0. The lowest BCUT2D eigenvalue weighted by atomic mass is 9.85. The third kappa shape index (κ3) is 3.14. The average molecular weight is 340 g/mol. The summed E-state index contributed by atoms with van der Waals surface area (Å²) in [6.45, 7) is 2.20. The van der Waals surface area contributed by atoms with Gasteiger partial charge in [0.05, 0.1) is 10.0 Å². The molecule has 0 N–H and O–H groups in total. The van der Waals surface area contributed by atoms with Crippen LogP contribution in [0.15, 0.2) is 18.2 Å². The predicted molar refractivity (Wildman–Crippen MR) is 91.5 cm³/mol. The highest BCUT2D eigenvalue weighted by atomic mass is 35.5. The van der Waals surface area contributed by atoms with E-state index in [1.165, 1.54) is 32.1 Å². The number of carbonyl (C=O) groups excluding carboxylic acids is 1. The van der Waals surface area contributed by atoms with Crippen LogP contribution in [0.25, 0.3) is 0 Å². The van der Waals surface area contributed by atoms with Crippen LogP contribution in [-0.4, -0.2) is 22.9 Å². The van der Waals surface area contributed by atoms with E-state index in [0.29, 0.717) is 35.0 Å². The number of amides is 1. The number of hydrogen-bond acceptors (Lipinski definition) is 1. The van der Waals surface area contributed by atoms with Crippen molar-refractivity contribution >= 4 is 29.1 Å². The largest absolute Gasteiger partial charge is 0.337 e. The maximum atomic E-state index is 12.7. The third-order valence-corrected chi connectivity index (χ3v) is 6.13. The van der Waals surface area contributed by atoms with Crippen molar-refractivity contribution in [2.24, 2.45) is 5.92 Å². The molecule has 1 aliphatic carbocycles. The van der Waals surface area contributed by atoms with Gasteiger partial charge in [-0.2, -0.15) is 0 Å². The highest BCUT2D eigenvalue weighted by Crippen LogP contribution is 2.40. The second-order valence-electron chi connectivity index (χ2n) is 6.71. The van der Waals surface area contributed by atoms with Gasteiger partial charge in [-0.15, -0.1) is 0 Å². The van der Waals surface area contributed by atoms with Gasteiger partial charge in [-0.25, -0.2) is 0 Å². The maximum absolute atomic E-state index is 12.7. The minimum atomic E-state index is 0.276. The molecule has 2 nitrogen and oxygen atoms in total. The van der Waals surface area contributed by atoms with Crippen LogP contribution in [0, 0.1) is 5.92 Å². The summed E-state index contributed by atoms with van der Waals surface area (Å²) in [6.07, 6.45) is 7.42. The Hall–Kier alpha value is -0.730. The molecule has 1 saturated carbocycles. The molecule has 2 aliphatic rings. The molecule has 0 bridgehead atoms. The number of benzene rings is 1. The van der Waals surface area contributed by atoms with Crippen LogP contribution in [0.4, 0.5) is 0 Å². The molecule has 2 fully saturated rings. The first-order valence-electron chi connectivity index (χ1n) is 8.32. The molecule has 22 heavy (non-hydrogen) atoms. The van der Waals surface area contributed by atoms with Crippen molar-refractivity contribution in [3.05, 3.63) is 33.8 Å². The first-order valence-corrected chi connectivity index (χ1v) is 9.07. The van der Waals surface area contributed by atoms with E-state index in [1.807, 2.05) is 12.1 Å². The molecule has 3 rings (SSSR count). The zero-order valence-electron chi connectivity index (χ0n) is 13.0. The Bertz CT molecular complexity index is 560. The number of carbonyl (C=O) groups is 1. The molecule has 0 aromatic heterocycles. The van der Waals surface area contributed by atoms with E-state index in [0.717, 1.165) is 11.5 Å². The first kappa shape index (κ1) is 16.1. The molecule has 3 unspecified atom stereocenters. The lowest BCUT2D eigenvalue weighted by molar-refractivity contribution is -0.134. The predicted octanol–water partition coefficient (Wildman–Crippen LogP) is 5.11. The van der Waals surface area contributed by atoms with E-state index in [4.69, 9.17) is 23.2 Å². The Balaban J connectivity index is 1.65. The van der Waals surface area contributed by atoms with Crippen molar-refractivity contribution in [1.29, 1.82) is 0 Å². The van der Waals surface area contributed by atoms with Crippen LogP contribution in [0.1, 0.15) is 51.0 Å². The van der Waals surface area contributed by atoms with E-state index in [1.54, 1.807) is 6.07 Å². The molecule has 0 spiro atoms. The fourth-order valence-electron chi connectivity index (χ4n) is 4.25. The van der Waals surface area contributed by atoms with Crippen molar-refractivity contribution in [3.63, 3.8) is 0 Å². The van der Waals surface area contributed by atoms with Gasteiger partial charge in [-0.05, 0) is 50.2 Å². The SMILES string of the molecule is CC1CC2CCCCC2N1C(=O)CCc1cccc(Cl)c1Cl. The van der Waals surface area contributed by atoms with Crippen LogP contribution in [0.3, 0.4) is 0 Å². The zero-order valence-corrected chi connectivity index (χ0v) is 14.5. The third-order valence-electron chi connectivity index (χ3n) is 5.27. The van der Waals surface area contributed by atoms with Crippen molar-refractivity contribution in [2.45, 2.75) is 64.0 Å². The molecule has 1 aliphatic heterocycles. The Kier molecular flexibility index (Phi) is 4.99. The van der Waals surface area contributed by atoms with E-state index in [9.17, 15) is 4.79 Å². The van der Waals surface area contributed by atoms with E-state index < -0.39 is 0 Å². The number of nitrogens with zero attached hydrogens (tertiary/aromatic N) is 1.